The normalized spacial score (nSPS) is 23.0. The van der Waals surface area contributed by atoms with Crippen molar-refractivity contribution in [3.05, 3.63) is 22.2 Å². The summed E-state index contributed by atoms with van der Waals surface area (Å²) in [5, 5.41) is 3.59. The predicted molar refractivity (Wildman–Crippen MR) is 80.9 cm³/mol. The summed E-state index contributed by atoms with van der Waals surface area (Å²) in [6.07, 6.45) is 1.29. The van der Waals surface area contributed by atoms with Crippen molar-refractivity contribution in [2.24, 2.45) is 11.8 Å². The summed E-state index contributed by atoms with van der Waals surface area (Å²) in [6, 6.07) is 4.46. The molecule has 1 aromatic carbocycles. The molecule has 0 radical (unpaired) electrons. The van der Waals surface area contributed by atoms with Crippen LogP contribution in [0.3, 0.4) is 0 Å². The lowest BCUT2D eigenvalue weighted by Crippen LogP contribution is -2.23. The molecule has 1 saturated carbocycles. The van der Waals surface area contributed by atoms with Crippen LogP contribution in [0.1, 0.15) is 31.9 Å². The third kappa shape index (κ3) is 3.06. The Morgan fingerprint density at radius 2 is 1.89 bits per heavy atom. The van der Waals surface area contributed by atoms with E-state index in [1.54, 1.807) is 14.2 Å². The number of halogens is 1. The van der Waals surface area contributed by atoms with E-state index in [9.17, 15) is 0 Å². The van der Waals surface area contributed by atoms with Gasteiger partial charge in [-0.25, -0.2) is 0 Å². The van der Waals surface area contributed by atoms with Crippen molar-refractivity contribution in [2.75, 3.05) is 20.8 Å². The van der Waals surface area contributed by atoms with Gasteiger partial charge in [-0.2, -0.15) is 0 Å². The molecule has 0 heterocycles. The van der Waals surface area contributed by atoms with Crippen LogP contribution in [0.5, 0.6) is 11.5 Å². The van der Waals surface area contributed by atoms with E-state index < -0.39 is 0 Å². The molecule has 2 rings (SSSR count). The van der Waals surface area contributed by atoms with Crippen LogP contribution in [-0.2, 0) is 0 Å². The number of hydrogen-bond acceptors (Lipinski definition) is 3. The number of rotatable bonds is 6. The molecule has 4 heteroatoms. The minimum Gasteiger partial charge on any atom is -0.493 e. The minimum absolute atomic E-state index is 0.384. The molecule has 3 atom stereocenters. The molecule has 1 aliphatic rings. The third-order valence-corrected chi connectivity index (χ3v) is 4.55. The highest BCUT2D eigenvalue weighted by Crippen LogP contribution is 2.49. The summed E-state index contributed by atoms with van der Waals surface area (Å²) in [6.45, 7) is 5.42. The van der Waals surface area contributed by atoms with Gasteiger partial charge in [-0.15, -0.1) is 0 Å². The second kappa shape index (κ2) is 6.14. The third-order valence-electron chi connectivity index (χ3n) is 3.86. The van der Waals surface area contributed by atoms with E-state index in [2.05, 4.69) is 41.2 Å². The first-order chi connectivity index (χ1) is 9.12. The van der Waals surface area contributed by atoms with Gasteiger partial charge in [-0.3, -0.25) is 0 Å². The second-order valence-corrected chi connectivity index (χ2v) is 6.00. The van der Waals surface area contributed by atoms with Gasteiger partial charge in [0.1, 0.15) is 0 Å². The first-order valence-electron chi connectivity index (χ1n) is 6.77. The number of benzene rings is 1. The Hall–Kier alpha value is -0.740. The highest BCUT2D eigenvalue weighted by atomic mass is 79.9. The van der Waals surface area contributed by atoms with Gasteiger partial charge in [-0.05, 0) is 42.5 Å². The van der Waals surface area contributed by atoms with E-state index in [0.29, 0.717) is 12.0 Å². The van der Waals surface area contributed by atoms with Gasteiger partial charge in [0.25, 0.3) is 0 Å². The molecule has 1 N–H and O–H groups in total. The molecule has 19 heavy (non-hydrogen) atoms. The highest BCUT2D eigenvalue weighted by Gasteiger charge is 2.40. The van der Waals surface area contributed by atoms with Gasteiger partial charge in [-0.1, -0.05) is 29.8 Å². The second-order valence-electron chi connectivity index (χ2n) is 5.14. The Labute approximate surface area is 123 Å². The highest BCUT2D eigenvalue weighted by molar-refractivity contribution is 9.10. The van der Waals surface area contributed by atoms with Crippen molar-refractivity contribution in [1.29, 1.82) is 0 Å². The maximum atomic E-state index is 5.41. The van der Waals surface area contributed by atoms with E-state index in [-0.39, 0.29) is 0 Å². The van der Waals surface area contributed by atoms with Crippen molar-refractivity contribution in [3.63, 3.8) is 0 Å². The molecule has 3 unspecified atom stereocenters. The minimum atomic E-state index is 0.384. The Bertz CT molecular complexity index is 450. The molecule has 1 aromatic rings. The molecule has 1 fully saturated rings. The maximum absolute atomic E-state index is 5.41. The van der Waals surface area contributed by atoms with E-state index in [1.807, 2.05) is 6.07 Å². The van der Waals surface area contributed by atoms with Gasteiger partial charge < -0.3 is 14.8 Å². The molecule has 3 nitrogen and oxygen atoms in total. The molecule has 1 aliphatic carbocycles. The zero-order valence-corrected chi connectivity index (χ0v) is 13.6. The quantitative estimate of drug-likeness (QED) is 0.862. The van der Waals surface area contributed by atoms with Crippen molar-refractivity contribution >= 4 is 15.9 Å². The van der Waals surface area contributed by atoms with E-state index in [1.165, 1.54) is 12.0 Å². The zero-order valence-electron chi connectivity index (χ0n) is 12.0. The molecule has 0 spiro atoms. The van der Waals surface area contributed by atoms with Crippen molar-refractivity contribution < 1.29 is 9.47 Å². The van der Waals surface area contributed by atoms with Crippen LogP contribution in [0.4, 0.5) is 0 Å². The Morgan fingerprint density at radius 1 is 1.32 bits per heavy atom. The fourth-order valence-electron chi connectivity index (χ4n) is 2.64. The lowest BCUT2D eigenvalue weighted by molar-refractivity contribution is 0.352. The van der Waals surface area contributed by atoms with Crippen LogP contribution < -0.4 is 14.8 Å². The van der Waals surface area contributed by atoms with Gasteiger partial charge >= 0.3 is 0 Å². The van der Waals surface area contributed by atoms with Crippen molar-refractivity contribution in [2.45, 2.75) is 26.3 Å². The lowest BCUT2D eigenvalue weighted by Gasteiger charge is -2.21. The number of nitrogens with one attached hydrogen (secondary N) is 1. The Balaban J connectivity index is 2.36. The SMILES string of the molecule is CCNC(c1cc(OC)c(OC)cc1Br)C1CC1C. The molecular weight excluding hydrogens is 306 g/mol. The Kier molecular flexibility index (Phi) is 4.74. The largest absolute Gasteiger partial charge is 0.493 e. The fraction of sp³-hybridized carbons (Fsp3) is 0.600. The summed E-state index contributed by atoms with van der Waals surface area (Å²) in [5.74, 6) is 3.06. The standard InChI is InChI=1S/C15H22BrNO2/c1-5-17-15(10-6-9(10)2)11-7-13(18-3)14(19-4)8-12(11)16/h7-10,15,17H,5-6H2,1-4H3. The first kappa shape index (κ1) is 14.7. The van der Waals surface area contributed by atoms with Crippen molar-refractivity contribution in [1.82, 2.24) is 5.32 Å². The summed E-state index contributed by atoms with van der Waals surface area (Å²) in [7, 11) is 3.34. The topological polar surface area (TPSA) is 30.5 Å². The van der Waals surface area contributed by atoms with Crippen LogP contribution in [-0.4, -0.2) is 20.8 Å². The van der Waals surface area contributed by atoms with E-state index >= 15 is 0 Å². The van der Waals surface area contributed by atoms with Crippen molar-refractivity contribution in [3.8, 4) is 11.5 Å². The molecule has 106 valence electrons. The average molecular weight is 328 g/mol. The smallest absolute Gasteiger partial charge is 0.161 e. The van der Waals surface area contributed by atoms with Crippen LogP contribution in [0.15, 0.2) is 16.6 Å². The number of hydrogen-bond donors (Lipinski definition) is 1. The fourth-order valence-corrected chi connectivity index (χ4v) is 3.20. The zero-order chi connectivity index (χ0) is 14.0. The maximum Gasteiger partial charge on any atom is 0.161 e. The van der Waals surface area contributed by atoms with E-state index in [4.69, 9.17) is 9.47 Å². The molecule has 0 bridgehead atoms. The van der Waals surface area contributed by atoms with Crippen LogP contribution in [0.2, 0.25) is 0 Å². The van der Waals surface area contributed by atoms with Crippen LogP contribution in [0.25, 0.3) is 0 Å². The Morgan fingerprint density at radius 3 is 2.37 bits per heavy atom. The monoisotopic (exact) mass is 327 g/mol. The summed E-state index contributed by atoms with van der Waals surface area (Å²) < 4.78 is 11.8. The summed E-state index contributed by atoms with van der Waals surface area (Å²) in [5.41, 5.74) is 1.26. The number of ether oxygens (including phenoxy) is 2. The van der Waals surface area contributed by atoms with Crippen LogP contribution in [0, 0.1) is 11.8 Å². The van der Waals surface area contributed by atoms with Gasteiger partial charge in [0.05, 0.1) is 14.2 Å². The number of methoxy groups -OCH3 is 2. The molecule has 0 amide bonds. The van der Waals surface area contributed by atoms with Gasteiger partial charge in [0.15, 0.2) is 11.5 Å². The first-order valence-corrected chi connectivity index (χ1v) is 7.56. The van der Waals surface area contributed by atoms with E-state index in [0.717, 1.165) is 28.4 Å². The van der Waals surface area contributed by atoms with Gasteiger partial charge in [0.2, 0.25) is 0 Å². The van der Waals surface area contributed by atoms with Gasteiger partial charge in [0, 0.05) is 10.5 Å². The lowest BCUT2D eigenvalue weighted by atomic mass is 10.0. The summed E-state index contributed by atoms with van der Waals surface area (Å²) in [4.78, 5) is 0. The molecule has 0 saturated heterocycles. The predicted octanol–water partition coefficient (Wildman–Crippen LogP) is 3.77. The molecular formula is C15H22BrNO2. The molecule has 0 aliphatic heterocycles. The van der Waals surface area contributed by atoms with Crippen LogP contribution >= 0.6 is 15.9 Å². The summed E-state index contributed by atoms with van der Waals surface area (Å²) >= 11 is 3.66. The molecule has 0 aromatic heterocycles. The average Bonchev–Trinajstić information content (AvgIpc) is 3.13.